The van der Waals surface area contributed by atoms with E-state index in [4.69, 9.17) is 0 Å². The molecule has 2 aromatic carbocycles. The van der Waals surface area contributed by atoms with Crippen LogP contribution in [0.3, 0.4) is 0 Å². The molecule has 0 aliphatic carbocycles. The van der Waals surface area contributed by atoms with Crippen molar-refractivity contribution in [1.29, 1.82) is 0 Å². The van der Waals surface area contributed by atoms with Crippen LogP contribution < -0.4 is 0 Å². The first kappa shape index (κ1) is 10.9. The maximum atomic E-state index is 9.64. The van der Waals surface area contributed by atoms with Crippen LogP contribution >= 0.6 is 0 Å². The van der Waals surface area contributed by atoms with Crippen molar-refractivity contribution < 1.29 is 5.11 Å². The lowest BCUT2D eigenvalue weighted by atomic mass is 10.0. The monoisotopic (exact) mass is 237 g/mol. The molecule has 0 spiro atoms. The van der Waals surface area contributed by atoms with E-state index in [1.54, 1.807) is 6.07 Å². The number of benzene rings is 2. The number of aryl methyl sites for hydroxylation is 2. The number of fused-ring (bicyclic) bond motifs is 1. The molecule has 1 heterocycles. The Morgan fingerprint density at radius 1 is 0.944 bits per heavy atom. The van der Waals surface area contributed by atoms with Gasteiger partial charge in [-0.05, 0) is 37.6 Å². The standard InChI is InChI=1S/C16H15NO/c1-10-3-5-12(6-4-10)16-11(2)17-15-8-7-13(18)9-14(15)16/h3-9,17-18H,1-2H3. The number of aromatic nitrogens is 1. The largest absolute Gasteiger partial charge is 0.508 e. The summed E-state index contributed by atoms with van der Waals surface area (Å²) in [5.41, 5.74) is 5.77. The molecule has 0 saturated carbocycles. The quantitative estimate of drug-likeness (QED) is 0.655. The molecular formula is C16H15NO. The molecule has 0 aliphatic rings. The third-order valence-electron chi connectivity index (χ3n) is 3.31. The van der Waals surface area contributed by atoms with Crippen molar-refractivity contribution in [3.8, 4) is 16.9 Å². The van der Waals surface area contributed by atoms with Crippen molar-refractivity contribution in [2.24, 2.45) is 0 Å². The van der Waals surface area contributed by atoms with Crippen molar-refractivity contribution in [2.45, 2.75) is 13.8 Å². The highest BCUT2D eigenvalue weighted by Gasteiger charge is 2.10. The zero-order valence-electron chi connectivity index (χ0n) is 10.5. The molecule has 0 amide bonds. The maximum absolute atomic E-state index is 9.64. The van der Waals surface area contributed by atoms with Crippen molar-refractivity contribution in [2.75, 3.05) is 0 Å². The topological polar surface area (TPSA) is 36.0 Å². The minimum absolute atomic E-state index is 0.301. The van der Waals surface area contributed by atoms with Crippen LogP contribution in [-0.4, -0.2) is 10.1 Å². The van der Waals surface area contributed by atoms with Gasteiger partial charge in [-0.25, -0.2) is 0 Å². The van der Waals surface area contributed by atoms with Gasteiger partial charge in [-0.3, -0.25) is 0 Å². The number of H-pyrrole nitrogens is 1. The lowest BCUT2D eigenvalue weighted by Crippen LogP contribution is -1.80. The first-order valence-corrected chi connectivity index (χ1v) is 6.03. The Labute approximate surface area is 106 Å². The van der Waals surface area contributed by atoms with Gasteiger partial charge in [0.15, 0.2) is 0 Å². The predicted molar refractivity (Wildman–Crippen MR) is 74.9 cm³/mol. The molecule has 0 atom stereocenters. The van der Waals surface area contributed by atoms with E-state index in [-0.39, 0.29) is 0 Å². The molecule has 2 N–H and O–H groups in total. The molecular weight excluding hydrogens is 222 g/mol. The SMILES string of the molecule is Cc1ccc(-c2c(C)[nH]c3ccc(O)cc23)cc1. The summed E-state index contributed by atoms with van der Waals surface area (Å²) in [5.74, 6) is 0.301. The molecule has 2 nitrogen and oxygen atoms in total. The normalized spacial score (nSPS) is 11.0. The van der Waals surface area contributed by atoms with Crippen molar-refractivity contribution in [3.05, 3.63) is 53.7 Å². The van der Waals surface area contributed by atoms with Crippen LogP contribution in [0, 0.1) is 13.8 Å². The fourth-order valence-corrected chi connectivity index (χ4v) is 2.41. The third kappa shape index (κ3) is 1.66. The van der Waals surface area contributed by atoms with Gasteiger partial charge in [0.1, 0.15) is 5.75 Å². The number of hydrogen-bond donors (Lipinski definition) is 2. The molecule has 0 fully saturated rings. The molecule has 0 bridgehead atoms. The highest BCUT2D eigenvalue weighted by atomic mass is 16.3. The summed E-state index contributed by atoms with van der Waals surface area (Å²) >= 11 is 0. The third-order valence-corrected chi connectivity index (χ3v) is 3.31. The summed E-state index contributed by atoms with van der Waals surface area (Å²) in [6.45, 7) is 4.14. The van der Waals surface area contributed by atoms with Gasteiger partial charge in [0.2, 0.25) is 0 Å². The van der Waals surface area contributed by atoms with E-state index in [0.717, 1.165) is 16.6 Å². The Hall–Kier alpha value is -2.22. The number of phenolic OH excluding ortho intramolecular Hbond substituents is 1. The molecule has 18 heavy (non-hydrogen) atoms. The van der Waals surface area contributed by atoms with Gasteiger partial charge in [-0.15, -0.1) is 0 Å². The zero-order valence-corrected chi connectivity index (χ0v) is 10.5. The van der Waals surface area contributed by atoms with E-state index in [2.05, 4.69) is 43.1 Å². The summed E-state index contributed by atoms with van der Waals surface area (Å²) in [7, 11) is 0. The van der Waals surface area contributed by atoms with Crippen LogP contribution in [-0.2, 0) is 0 Å². The van der Waals surface area contributed by atoms with E-state index in [1.165, 1.54) is 16.7 Å². The second kappa shape index (κ2) is 3.91. The number of rotatable bonds is 1. The van der Waals surface area contributed by atoms with Gasteiger partial charge >= 0.3 is 0 Å². The summed E-state index contributed by atoms with van der Waals surface area (Å²) in [4.78, 5) is 3.36. The molecule has 0 saturated heterocycles. The second-order valence-electron chi connectivity index (χ2n) is 4.72. The highest BCUT2D eigenvalue weighted by molar-refractivity contribution is 5.98. The first-order valence-electron chi connectivity index (χ1n) is 6.03. The van der Waals surface area contributed by atoms with E-state index < -0.39 is 0 Å². The number of phenols is 1. The Kier molecular flexibility index (Phi) is 2.37. The van der Waals surface area contributed by atoms with E-state index in [1.807, 2.05) is 12.1 Å². The van der Waals surface area contributed by atoms with Crippen LogP contribution in [0.5, 0.6) is 5.75 Å². The number of aromatic hydroxyl groups is 1. The van der Waals surface area contributed by atoms with E-state index in [0.29, 0.717) is 5.75 Å². The Morgan fingerprint density at radius 3 is 2.39 bits per heavy atom. The average molecular weight is 237 g/mol. The fourth-order valence-electron chi connectivity index (χ4n) is 2.41. The zero-order chi connectivity index (χ0) is 12.7. The summed E-state index contributed by atoms with van der Waals surface area (Å²) in [6, 6.07) is 13.9. The van der Waals surface area contributed by atoms with Gasteiger partial charge in [0.25, 0.3) is 0 Å². The molecule has 3 aromatic rings. The molecule has 0 unspecified atom stereocenters. The first-order chi connectivity index (χ1) is 8.65. The minimum Gasteiger partial charge on any atom is -0.508 e. The van der Waals surface area contributed by atoms with Gasteiger partial charge in [0.05, 0.1) is 0 Å². The molecule has 3 rings (SSSR count). The van der Waals surface area contributed by atoms with Crippen LogP contribution in [0.25, 0.3) is 22.0 Å². The van der Waals surface area contributed by atoms with Crippen molar-refractivity contribution >= 4 is 10.9 Å². The summed E-state index contributed by atoms with van der Waals surface area (Å²) < 4.78 is 0. The lowest BCUT2D eigenvalue weighted by Gasteiger charge is -2.03. The smallest absolute Gasteiger partial charge is 0.116 e. The number of hydrogen-bond acceptors (Lipinski definition) is 1. The maximum Gasteiger partial charge on any atom is 0.116 e. The van der Waals surface area contributed by atoms with Gasteiger partial charge in [0, 0.05) is 22.2 Å². The van der Waals surface area contributed by atoms with Gasteiger partial charge in [-0.2, -0.15) is 0 Å². The van der Waals surface area contributed by atoms with E-state index >= 15 is 0 Å². The van der Waals surface area contributed by atoms with Crippen LogP contribution in [0.1, 0.15) is 11.3 Å². The molecule has 90 valence electrons. The second-order valence-corrected chi connectivity index (χ2v) is 4.72. The van der Waals surface area contributed by atoms with Crippen LogP contribution in [0.4, 0.5) is 0 Å². The van der Waals surface area contributed by atoms with Crippen molar-refractivity contribution in [1.82, 2.24) is 4.98 Å². The van der Waals surface area contributed by atoms with Crippen LogP contribution in [0.2, 0.25) is 0 Å². The van der Waals surface area contributed by atoms with E-state index in [9.17, 15) is 5.11 Å². The van der Waals surface area contributed by atoms with Crippen LogP contribution in [0.15, 0.2) is 42.5 Å². The fraction of sp³-hybridized carbons (Fsp3) is 0.125. The van der Waals surface area contributed by atoms with Gasteiger partial charge in [-0.1, -0.05) is 29.8 Å². The predicted octanol–water partition coefficient (Wildman–Crippen LogP) is 4.16. The summed E-state index contributed by atoms with van der Waals surface area (Å²) in [5, 5.41) is 10.7. The Bertz CT molecular complexity index is 708. The van der Waals surface area contributed by atoms with Gasteiger partial charge < -0.3 is 10.1 Å². The van der Waals surface area contributed by atoms with Crippen molar-refractivity contribution in [3.63, 3.8) is 0 Å². The molecule has 1 aromatic heterocycles. The molecule has 2 heteroatoms. The summed E-state index contributed by atoms with van der Waals surface area (Å²) in [6.07, 6.45) is 0. The highest BCUT2D eigenvalue weighted by Crippen LogP contribution is 2.33. The Morgan fingerprint density at radius 2 is 1.67 bits per heavy atom. The molecule has 0 aliphatic heterocycles. The lowest BCUT2D eigenvalue weighted by molar-refractivity contribution is 0.476. The minimum atomic E-state index is 0.301. The molecule has 0 radical (unpaired) electrons. The average Bonchev–Trinajstić information content (AvgIpc) is 2.66. The number of nitrogens with one attached hydrogen (secondary N) is 1. The number of aromatic amines is 1. The Balaban J connectivity index is 2.30.